The summed E-state index contributed by atoms with van der Waals surface area (Å²) >= 11 is 0. The Hall–Kier alpha value is -0.590. The fourth-order valence-corrected chi connectivity index (χ4v) is 0.380. The molecule has 0 N–H and O–H groups in total. The van der Waals surface area contributed by atoms with Gasteiger partial charge in [0.2, 0.25) is 0 Å². The number of rotatable bonds is 3. The van der Waals surface area contributed by atoms with Gasteiger partial charge in [0.15, 0.2) is 0 Å². The van der Waals surface area contributed by atoms with E-state index in [0.717, 1.165) is 19.1 Å². The Bertz CT molecular complexity index is 74.2. The second-order valence-electron chi connectivity index (χ2n) is 1.53. The van der Waals surface area contributed by atoms with Crippen LogP contribution in [-0.2, 0) is 4.79 Å². The Kier molecular flexibility index (Phi) is 3.29. The van der Waals surface area contributed by atoms with E-state index in [1.54, 1.807) is 0 Å². The molecule has 0 spiro atoms. The standard InChI is InChI=1S/C6H10O/c1-3-4-6(2)5-7/h5H,2-4H2,1H3. The summed E-state index contributed by atoms with van der Waals surface area (Å²) in [5.41, 5.74) is 0.697. The predicted octanol–water partition coefficient (Wildman–Crippen LogP) is 1.54. The first-order valence-corrected chi connectivity index (χ1v) is 2.44. The summed E-state index contributed by atoms with van der Waals surface area (Å²) in [6, 6.07) is 0. The number of carbonyl (C=O) groups is 1. The molecular formula is C6H10O. The first-order chi connectivity index (χ1) is 3.31. The highest BCUT2D eigenvalue weighted by Crippen LogP contribution is 1.95. The van der Waals surface area contributed by atoms with Crippen molar-refractivity contribution in [3.8, 4) is 0 Å². The van der Waals surface area contributed by atoms with E-state index in [1.165, 1.54) is 0 Å². The van der Waals surface area contributed by atoms with Gasteiger partial charge < -0.3 is 0 Å². The third-order valence-electron chi connectivity index (χ3n) is 0.738. The maximum atomic E-state index is 9.80. The van der Waals surface area contributed by atoms with E-state index in [1.807, 2.05) is 6.92 Å². The summed E-state index contributed by atoms with van der Waals surface area (Å²) in [5.74, 6) is 0. The van der Waals surface area contributed by atoms with Crippen molar-refractivity contribution in [1.82, 2.24) is 0 Å². The molecule has 0 unspecified atom stereocenters. The van der Waals surface area contributed by atoms with Crippen molar-refractivity contribution in [3.63, 3.8) is 0 Å². The minimum absolute atomic E-state index is 0.697. The number of aldehydes is 1. The summed E-state index contributed by atoms with van der Waals surface area (Å²) in [6.07, 6.45) is 2.66. The van der Waals surface area contributed by atoms with Crippen LogP contribution < -0.4 is 0 Å². The lowest BCUT2D eigenvalue weighted by molar-refractivity contribution is -0.105. The molecule has 0 aliphatic heterocycles. The van der Waals surface area contributed by atoms with E-state index >= 15 is 0 Å². The number of allylic oxidation sites excluding steroid dienone is 1. The molecule has 0 heterocycles. The van der Waals surface area contributed by atoms with Gasteiger partial charge in [-0.2, -0.15) is 0 Å². The molecule has 7 heavy (non-hydrogen) atoms. The quantitative estimate of drug-likeness (QED) is 0.386. The minimum atomic E-state index is 0.697. The van der Waals surface area contributed by atoms with E-state index in [9.17, 15) is 4.79 Å². The highest BCUT2D eigenvalue weighted by Gasteiger charge is 1.83. The first-order valence-electron chi connectivity index (χ1n) is 2.44. The third kappa shape index (κ3) is 3.23. The Morgan fingerprint density at radius 2 is 2.43 bits per heavy atom. The third-order valence-corrected chi connectivity index (χ3v) is 0.738. The molecule has 0 aromatic rings. The maximum absolute atomic E-state index is 9.80. The summed E-state index contributed by atoms with van der Waals surface area (Å²) in [4.78, 5) is 9.80. The van der Waals surface area contributed by atoms with Crippen molar-refractivity contribution in [2.45, 2.75) is 19.8 Å². The molecule has 0 aromatic carbocycles. The first kappa shape index (κ1) is 6.41. The van der Waals surface area contributed by atoms with Gasteiger partial charge in [0.1, 0.15) is 6.29 Å². The van der Waals surface area contributed by atoms with Crippen molar-refractivity contribution in [3.05, 3.63) is 12.2 Å². The zero-order valence-electron chi connectivity index (χ0n) is 4.61. The van der Waals surface area contributed by atoms with Crippen molar-refractivity contribution in [1.29, 1.82) is 0 Å². The summed E-state index contributed by atoms with van der Waals surface area (Å²) in [7, 11) is 0. The van der Waals surface area contributed by atoms with E-state index in [2.05, 4.69) is 6.58 Å². The molecule has 0 aliphatic rings. The predicted molar refractivity (Wildman–Crippen MR) is 30.1 cm³/mol. The average Bonchev–Trinajstić information content (AvgIpc) is 1.68. The molecule has 0 aliphatic carbocycles. The van der Waals surface area contributed by atoms with Crippen molar-refractivity contribution in [2.75, 3.05) is 0 Å². The van der Waals surface area contributed by atoms with Gasteiger partial charge in [-0.15, -0.1) is 0 Å². The van der Waals surface area contributed by atoms with Crippen LogP contribution in [0.15, 0.2) is 12.2 Å². The maximum Gasteiger partial charge on any atom is 0.145 e. The van der Waals surface area contributed by atoms with Crippen LogP contribution in [0.4, 0.5) is 0 Å². The lowest BCUT2D eigenvalue weighted by Crippen LogP contribution is -1.77. The Balaban J connectivity index is 3.17. The summed E-state index contributed by atoms with van der Waals surface area (Å²) < 4.78 is 0. The van der Waals surface area contributed by atoms with E-state index < -0.39 is 0 Å². The van der Waals surface area contributed by atoms with E-state index in [0.29, 0.717) is 5.57 Å². The van der Waals surface area contributed by atoms with Gasteiger partial charge in [-0.05, 0) is 12.0 Å². The topological polar surface area (TPSA) is 17.1 Å². The molecule has 0 atom stereocenters. The number of carbonyl (C=O) groups excluding carboxylic acids is 1. The van der Waals surface area contributed by atoms with Crippen LogP contribution in [0.25, 0.3) is 0 Å². The van der Waals surface area contributed by atoms with Crippen LogP contribution >= 0.6 is 0 Å². The Labute approximate surface area is 44.0 Å². The van der Waals surface area contributed by atoms with Gasteiger partial charge in [-0.3, -0.25) is 4.79 Å². The molecule has 0 fully saturated rings. The van der Waals surface area contributed by atoms with Gasteiger partial charge in [-0.25, -0.2) is 0 Å². The molecule has 0 saturated heterocycles. The van der Waals surface area contributed by atoms with Crippen molar-refractivity contribution < 1.29 is 4.79 Å². The molecule has 1 nitrogen and oxygen atoms in total. The second-order valence-corrected chi connectivity index (χ2v) is 1.53. The monoisotopic (exact) mass is 98.1 g/mol. The van der Waals surface area contributed by atoms with Gasteiger partial charge in [0.25, 0.3) is 0 Å². The van der Waals surface area contributed by atoms with Crippen LogP contribution in [0.1, 0.15) is 19.8 Å². The lowest BCUT2D eigenvalue weighted by Gasteiger charge is -1.86. The van der Waals surface area contributed by atoms with Crippen LogP contribution in [-0.4, -0.2) is 6.29 Å². The van der Waals surface area contributed by atoms with Gasteiger partial charge >= 0.3 is 0 Å². The smallest absolute Gasteiger partial charge is 0.145 e. The molecule has 0 saturated carbocycles. The van der Waals surface area contributed by atoms with Gasteiger partial charge in [-0.1, -0.05) is 19.9 Å². The zero-order valence-corrected chi connectivity index (χ0v) is 4.61. The SMILES string of the molecule is C=C(C=O)CCC. The number of hydrogen-bond donors (Lipinski definition) is 0. The van der Waals surface area contributed by atoms with Crippen LogP contribution in [0.5, 0.6) is 0 Å². The normalized spacial score (nSPS) is 8.14. The molecule has 0 aromatic heterocycles. The molecular weight excluding hydrogens is 88.1 g/mol. The largest absolute Gasteiger partial charge is 0.298 e. The fraction of sp³-hybridized carbons (Fsp3) is 0.500. The molecule has 1 heteroatoms. The Morgan fingerprint density at radius 1 is 1.86 bits per heavy atom. The Morgan fingerprint density at radius 3 is 2.57 bits per heavy atom. The lowest BCUT2D eigenvalue weighted by atomic mass is 10.2. The van der Waals surface area contributed by atoms with Crippen LogP contribution in [0, 0.1) is 0 Å². The van der Waals surface area contributed by atoms with E-state index in [-0.39, 0.29) is 0 Å². The molecule has 0 bridgehead atoms. The summed E-state index contributed by atoms with van der Waals surface area (Å²) in [6.45, 7) is 5.52. The van der Waals surface area contributed by atoms with Crippen molar-refractivity contribution >= 4 is 6.29 Å². The molecule has 40 valence electrons. The van der Waals surface area contributed by atoms with Crippen molar-refractivity contribution in [2.24, 2.45) is 0 Å². The molecule has 0 rings (SSSR count). The highest BCUT2D eigenvalue weighted by molar-refractivity contribution is 5.71. The molecule has 0 amide bonds. The minimum Gasteiger partial charge on any atom is -0.298 e. The van der Waals surface area contributed by atoms with Crippen LogP contribution in [0.2, 0.25) is 0 Å². The fourth-order valence-electron chi connectivity index (χ4n) is 0.380. The van der Waals surface area contributed by atoms with Gasteiger partial charge in [0, 0.05) is 0 Å². The average molecular weight is 98.1 g/mol. The number of hydrogen-bond acceptors (Lipinski definition) is 1. The second kappa shape index (κ2) is 3.59. The molecule has 0 radical (unpaired) electrons. The van der Waals surface area contributed by atoms with E-state index in [4.69, 9.17) is 0 Å². The summed E-state index contributed by atoms with van der Waals surface area (Å²) in [5, 5.41) is 0. The zero-order chi connectivity index (χ0) is 5.70. The highest BCUT2D eigenvalue weighted by atomic mass is 16.1. The van der Waals surface area contributed by atoms with Gasteiger partial charge in [0.05, 0.1) is 0 Å². The van der Waals surface area contributed by atoms with Crippen LogP contribution in [0.3, 0.4) is 0 Å².